The van der Waals surface area contributed by atoms with E-state index in [4.69, 9.17) is 23.2 Å². The van der Waals surface area contributed by atoms with Gasteiger partial charge in [0.1, 0.15) is 5.69 Å². The number of rotatable bonds is 8. The molecule has 0 saturated heterocycles. The minimum atomic E-state index is -2.50. The summed E-state index contributed by atoms with van der Waals surface area (Å²) in [6.07, 6.45) is 0.420. The fraction of sp³-hybridized carbons (Fsp3) is 0.0870. The van der Waals surface area contributed by atoms with Crippen LogP contribution in [0.5, 0.6) is 0 Å². The maximum atomic E-state index is 13.1. The largest absolute Gasteiger partial charge is 0.348 e. The van der Waals surface area contributed by atoms with Crippen molar-refractivity contribution in [3.05, 3.63) is 105 Å². The van der Waals surface area contributed by atoms with Gasteiger partial charge in [-0.15, -0.1) is 0 Å². The zero-order chi connectivity index (χ0) is 24.1. The smallest absolute Gasteiger partial charge is 0.268 e. The van der Waals surface area contributed by atoms with Gasteiger partial charge in [0.2, 0.25) is 0 Å². The van der Waals surface area contributed by atoms with Crippen molar-refractivity contribution in [2.24, 2.45) is 0 Å². The van der Waals surface area contributed by atoms with Crippen LogP contribution in [0.15, 0.2) is 72.8 Å². The van der Waals surface area contributed by atoms with Crippen molar-refractivity contribution in [1.82, 2.24) is 14.1 Å². The van der Waals surface area contributed by atoms with E-state index < -0.39 is 17.2 Å². The Labute approximate surface area is 213 Å². The van der Waals surface area contributed by atoms with E-state index >= 15 is 0 Å². The van der Waals surface area contributed by atoms with Gasteiger partial charge in [-0.25, -0.2) is 8.51 Å². The van der Waals surface area contributed by atoms with Crippen molar-refractivity contribution >= 4 is 63.6 Å². The average molecular weight is 533 g/mol. The van der Waals surface area contributed by atoms with Crippen LogP contribution in [-0.2, 0) is 24.2 Å². The maximum Gasteiger partial charge on any atom is 0.268 e. The van der Waals surface area contributed by atoms with Gasteiger partial charge in [0, 0.05) is 23.0 Å². The second-order valence-electron chi connectivity index (χ2n) is 7.16. The third-order valence-corrected chi connectivity index (χ3v) is 6.75. The number of benzene rings is 3. The van der Waals surface area contributed by atoms with E-state index in [0.29, 0.717) is 27.7 Å². The van der Waals surface area contributed by atoms with Crippen molar-refractivity contribution in [2.75, 3.05) is 4.31 Å². The topological polar surface area (TPSA) is 95.4 Å². The molecular formula is C23H18Cl2N4O3S2. The predicted octanol–water partition coefficient (Wildman–Crippen LogP) is 5.64. The zero-order valence-electron chi connectivity index (χ0n) is 17.5. The molecule has 1 unspecified atom stereocenters. The normalized spacial score (nSPS) is 11.7. The number of amides is 1. The summed E-state index contributed by atoms with van der Waals surface area (Å²) in [4.78, 5) is 13.1. The van der Waals surface area contributed by atoms with Gasteiger partial charge in [-0.2, -0.15) is 8.75 Å². The lowest BCUT2D eigenvalue weighted by Crippen LogP contribution is -2.28. The first-order valence-electron chi connectivity index (χ1n) is 10.0. The Kier molecular flexibility index (Phi) is 7.91. The summed E-state index contributed by atoms with van der Waals surface area (Å²) in [6, 6.07) is 21.1. The van der Waals surface area contributed by atoms with Gasteiger partial charge in [-0.05, 0) is 35.4 Å². The standard InChI is InChI=1S/C23H18Cl2N4O3S2/c24-17-11-10-16(19(25)13-17)14-26-23(30)18-8-4-5-9-21(18)29(34(31)32)22-20(27-33-28-22)12-15-6-2-1-3-7-15/h1-11,13H,12,14H2,(H,26,30)(H,31,32). The van der Waals surface area contributed by atoms with E-state index in [1.807, 2.05) is 30.3 Å². The van der Waals surface area contributed by atoms with Crippen LogP contribution in [0.1, 0.15) is 27.2 Å². The van der Waals surface area contributed by atoms with Crippen LogP contribution in [0.4, 0.5) is 11.5 Å². The Morgan fingerprint density at radius 3 is 2.50 bits per heavy atom. The van der Waals surface area contributed by atoms with Crippen molar-refractivity contribution < 1.29 is 13.6 Å². The third-order valence-electron chi connectivity index (χ3n) is 4.92. The summed E-state index contributed by atoms with van der Waals surface area (Å²) in [6.45, 7) is 0.156. The van der Waals surface area contributed by atoms with E-state index in [1.165, 1.54) is 0 Å². The van der Waals surface area contributed by atoms with Gasteiger partial charge in [-0.1, -0.05) is 71.7 Å². The highest BCUT2D eigenvalue weighted by Crippen LogP contribution is 2.32. The molecule has 0 radical (unpaired) electrons. The molecule has 1 atom stereocenters. The molecule has 0 spiro atoms. The summed E-state index contributed by atoms with van der Waals surface area (Å²) < 4.78 is 32.3. The Morgan fingerprint density at radius 1 is 1.03 bits per heavy atom. The van der Waals surface area contributed by atoms with Crippen LogP contribution in [0, 0.1) is 0 Å². The van der Waals surface area contributed by atoms with Gasteiger partial charge >= 0.3 is 0 Å². The van der Waals surface area contributed by atoms with Crippen LogP contribution in [0.25, 0.3) is 0 Å². The molecule has 11 heteroatoms. The van der Waals surface area contributed by atoms with Gasteiger partial charge < -0.3 is 5.32 Å². The molecule has 3 aromatic carbocycles. The number of aromatic nitrogens is 2. The Bertz CT molecular complexity index is 1330. The molecule has 174 valence electrons. The number of carbonyl (C=O) groups excluding carboxylic acids is 1. The van der Waals surface area contributed by atoms with Crippen LogP contribution >= 0.6 is 34.9 Å². The third kappa shape index (κ3) is 5.63. The Morgan fingerprint density at radius 2 is 1.76 bits per heavy atom. The molecule has 2 N–H and O–H groups in total. The number of hydrogen-bond donors (Lipinski definition) is 2. The molecule has 34 heavy (non-hydrogen) atoms. The maximum absolute atomic E-state index is 13.1. The van der Waals surface area contributed by atoms with E-state index in [9.17, 15) is 13.6 Å². The average Bonchev–Trinajstić information content (AvgIpc) is 3.26. The summed E-state index contributed by atoms with van der Waals surface area (Å²) >= 11 is 10.6. The van der Waals surface area contributed by atoms with Gasteiger partial charge in [0.05, 0.1) is 23.0 Å². The van der Waals surface area contributed by atoms with E-state index in [-0.39, 0.29) is 23.6 Å². The zero-order valence-corrected chi connectivity index (χ0v) is 20.7. The molecule has 0 aliphatic heterocycles. The van der Waals surface area contributed by atoms with Gasteiger partial charge in [0.15, 0.2) is 5.82 Å². The molecule has 1 aromatic heterocycles. The quantitative estimate of drug-likeness (QED) is 0.286. The summed E-state index contributed by atoms with van der Waals surface area (Å²) in [5, 5.41) is 3.73. The number of anilines is 2. The SMILES string of the molecule is O=C(NCc1ccc(Cl)cc1Cl)c1ccccc1N(c1nsnc1Cc1ccccc1)S(=O)O. The van der Waals surface area contributed by atoms with Crippen molar-refractivity contribution in [3.8, 4) is 0 Å². The Balaban J connectivity index is 1.63. The molecule has 0 fully saturated rings. The molecule has 0 aliphatic rings. The molecule has 4 aromatic rings. The first-order valence-corrected chi connectivity index (χ1v) is 12.6. The molecule has 7 nitrogen and oxygen atoms in total. The van der Waals surface area contributed by atoms with Crippen molar-refractivity contribution in [3.63, 3.8) is 0 Å². The summed E-state index contributed by atoms with van der Waals surface area (Å²) in [5.74, 6) is -0.222. The lowest BCUT2D eigenvalue weighted by atomic mass is 10.1. The Hall–Kier alpha value is -2.82. The van der Waals surface area contributed by atoms with Crippen molar-refractivity contribution in [2.45, 2.75) is 13.0 Å². The fourth-order valence-electron chi connectivity index (χ4n) is 3.31. The van der Waals surface area contributed by atoms with E-state index in [0.717, 1.165) is 21.6 Å². The second kappa shape index (κ2) is 11.1. The first kappa shape index (κ1) is 24.3. The van der Waals surface area contributed by atoms with Gasteiger partial charge in [-0.3, -0.25) is 9.35 Å². The number of para-hydroxylation sites is 1. The summed E-state index contributed by atoms with van der Waals surface area (Å²) in [7, 11) is 0. The lowest BCUT2D eigenvalue weighted by Gasteiger charge is -2.21. The van der Waals surface area contributed by atoms with Crippen LogP contribution in [0.2, 0.25) is 10.0 Å². The van der Waals surface area contributed by atoms with Crippen LogP contribution < -0.4 is 9.62 Å². The molecule has 0 bridgehead atoms. The number of hydrogen-bond acceptors (Lipinski definition) is 5. The lowest BCUT2D eigenvalue weighted by molar-refractivity contribution is 0.0951. The summed E-state index contributed by atoms with van der Waals surface area (Å²) in [5.41, 5.74) is 2.62. The molecule has 1 heterocycles. The molecule has 0 saturated carbocycles. The monoisotopic (exact) mass is 532 g/mol. The number of nitrogens with zero attached hydrogens (tertiary/aromatic N) is 3. The number of carbonyl (C=O) groups is 1. The number of halogens is 2. The highest BCUT2D eigenvalue weighted by Gasteiger charge is 2.26. The molecule has 0 aliphatic carbocycles. The van der Waals surface area contributed by atoms with Crippen molar-refractivity contribution in [1.29, 1.82) is 0 Å². The minimum Gasteiger partial charge on any atom is -0.348 e. The highest BCUT2D eigenvalue weighted by atomic mass is 35.5. The van der Waals surface area contributed by atoms with Crippen LogP contribution in [0.3, 0.4) is 0 Å². The van der Waals surface area contributed by atoms with Gasteiger partial charge in [0.25, 0.3) is 17.2 Å². The number of nitrogens with one attached hydrogen (secondary N) is 1. The van der Waals surface area contributed by atoms with E-state index in [1.54, 1.807) is 42.5 Å². The minimum absolute atomic E-state index is 0.156. The predicted molar refractivity (Wildman–Crippen MR) is 136 cm³/mol. The fourth-order valence-corrected chi connectivity index (χ4v) is 5.01. The highest BCUT2D eigenvalue weighted by molar-refractivity contribution is 7.81. The second-order valence-corrected chi connectivity index (χ2v) is 9.36. The molecular weight excluding hydrogens is 515 g/mol. The van der Waals surface area contributed by atoms with E-state index in [2.05, 4.69) is 14.1 Å². The first-order chi connectivity index (χ1) is 16.4. The molecule has 4 rings (SSSR count). The van der Waals surface area contributed by atoms with Crippen LogP contribution in [-0.4, -0.2) is 23.4 Å². The molecule has 1 amide bonds.